The molecule has 4 rings (SSSR count). The second-order valence-electron chi connectivity index (χ2n) is 8.00. The minimum atomic E-state index is -2.74. The van der Waals surface area contributed by atoms with Crippen molar-refractivity contribution in [2.24, 2.45) is 5.92 Å². The summed E-state index contributed by atoms with van der Waals surface area (Å²) >= 11 is 1.44. The number of halogens is 2. The predicted octanol–water partition coefficient (Wildman–Crippen LogP) is 2.61. The number of anilines is 2. The number of aliphatic hydroxyl groups excluding tert-OH is 2. The maximum atomic E-state index is 13.3. The summed E-state index contributed by atoms with van der Waals surface area (Å²) in [5.74, 6) is -0.647. The van der Waals surface area contributed by atoms with Crippen LogP contribution in [0.1, 0.15) is 17.8 Å². The largest absolute Gasteiger partial charge is 0.390 e. The van der Waals surface area contributed by atoms with Crippen molar-refractivity contribution in [3.63, 3.8) is 0 Å². The van der Waals surface area contributed by atoms with E-state index >= 15 is 0 Å². The predicted molar refractivity (Wildman–Crippen MR) is 122 cm³/mol. The number of aryl methyl sites for hydroxylation is 2. The summed E-state index contributed by atoms with van der Waals surface area (Å²) in [6.07, 6.45) is -4.01. The molecule has 0 aromatic carbocycles. The molecular formula is C21H26F2N6O3S. The highest BCUT2D eigenvalue weighted by Crippen LogP contribution is 2.39. The van der Waals surface area contributed by atoms with Crippen LogP contribution >= 0.6 is 11.3 Å². The minimum Gasteiger partial charge on any atom is -0.390 e. The second-order valence-corrected chi connectivity index (χ2v) is 9.03. The highest BCUT2D eigenvalue weighted by Gasteiger charge is 2.46. The lowest BCUT2D eigenvalue weighted by atomic mass is 10.1. The van der Waals surface area contributed by atoms with E-state index in [1.165, 1.54) is 11.3 Å². The van der Waals surface area contributed by atoms with Crippen LogP contribution in [0.15, 0.2) is 12.3 Å². The number of pyridine rings is 1. The average Bonchev–Trinajstić information content (AvgIpc) is 3.31. The monoisotopic (exact) mass is 480 g/mol. The maximum absolute atomic E-state index is 13.3. The van der Waals surface area contributed by atoms with Crippen molar-refractivity contribution in [1.82, 2.24) is 19.9 Å². The van der Waals surface area contributed by atoms with Crippen molar-refractivity contribution in [3.8, 4) is 10.6 Å². The molecule has 1 fully saturated rings. The zero-order valence-corrected chi connectivity index (χ0v) is 19.2. The Morgan fingerprint density at radius 3 is 2.64 bits per heavy atom. The Bertz CT molecular complexity index is 1130. The van der Waals surface area contributed by atoms with E-state index in [-0.39, 0.29) is 6.42 Å². The van der Waals surface area contributed by atoms with Crippen LogP contribution in [0.25, 0.3) is 20.8 Å². The number of aromatic nitrogens is 4. The second kappa shape index (κ2) is 9.75. The molecule has 1 aliphatic carbocycles. The van der Waals surface area contributed by atoms with Gasteiger partial charge in [0.1, 0.15) is 22.4 Å². The molecule has 0 bridgehead atoms. The summed E-state index contributed by atoms with van der Waals surface area (Å²) in [6.45, 7) is 4.60. The Morgan fingerprint density at radius 2 is 1.97 bits per heavy atom. The number of hydrogen-bond acceptors (Lipinski definition) is 10. The van der Waals surface area contributed by atoms with Crippen molar-refractivity contribution in [2.75, 3.05) is 30.9 Å². The number of thiazole rings is 1. The molecule has 3 aromatic heterocycles. The number of fused-ring (bicyclic) bond motifs is 1. The van der Waals surface area contributed by atoms with Crippen LogP contribution in [0.3, 0.4) is 0 Å². The van der Waals surface area contributed by atoms with Gasteiger partial charge in [-0.2, -0.15) is 4.98 Å². The molecule has 4 N–H and O–H groups in total. The van der Waals surface area contributed by atoms with Gasteiger partial charge in [0.2, 0.25) is 12.4 Å². The van der Waals surface area contributed by atoms with Crippen LogP contribution in [-0.4, -0.2) is 75.1 Å². The van der Waals surface area contributed by atoms with E-state index in [4.69, 9.17) is 9.72 Å². The van der Waals surface area contributed by atoms with E-state index in [1.807, 2.05) is 19.9 Å². The smallest absolute Gasteiger partial charge is 0.244 e. The Kier molecular flexibility index (Phi) is 6.98. The molecule has 9 nitrogen and oxygen atoms in total. The van der Waals surface area contributed by atoms with E-state index in [9.17, 15) is 19.0 Å². The molecule has 0 radical (unpaired) electrons. The summed E-state index contributed by atoms with van der Waals surface area (Å²) < 4.78 is 32.6. The van der Waals surface area contributed by atoms with E-state index in [0.29, 0.717) is 41.2 Å². The molecule has 3 heterocycles. The summed E-state index contributed by atoms with van der Waals surface area (Å²) in [6, 6.07) is 1.06. The highest BCUT2D eigenvalue weighted by atomic mass is 32.1. The van der Waals surface area contributed by atoms with Gasteiger partial charge in [-0.1, -0.05) is 0 Å². The van der Waals surface area contributed by atoms with Gasteiger partial charge in [0.25, 0.3) is 0 Å². The fraction of sp³-hybridized carbons (Fsp3) is 0.524. The van der Waals surface area contributed by atoms with Gasteiger partial charge in [0, 0.05) is 19.9 Å². The van der Waals surface area contributed by atoms with Crippen molar-refractivity contribution >= 4 is 33.3 Å². The maximum Gasteiger partial charge on any atom is 0.244 e. The standard InChI is InChI=1S/C21H26F2N6O3S/c1-9-14(20-28-15-10(2)24-5-4-13(15)33-20)19(29-21(26-9)25-6-7-32-3)27-12-8-11(18(22)23)16(30)17(12)31/h4-5,11-12,16-18,30-31H,6-8H2,1-3H3,(H2,25,26,27,29)/t11-,12+,16+,17-/m0/s1. The van der Waals surface area contributed by atoms with Gasteiger partial charge in [-0.3, -0.25) is 4.98 Å². The Balaban J connectivity index is 1.74. The Hall–Kier alpha value is -2.54. The van der Waals surface area contributed by atoms with Gasteiger partial charge in [-0.15, -0.1) is 11.3 Å². The van der Waals surface area contributed by atoms with Crippen molar-refractivity contribution < 1.29 is 23.7 Å². The fourth-order valence-corrected chi connectivity index (χ4v) is 5.11. The Morgan fingerprint density at radius 1 is 1.18 bits per heavy atom. The molecule has 1 saturated carbocycles. The van der Waals surface area contributed by atoms with Gasteiger partial charge < -0.3 is 25.6 Å². The number of alkyl halides is 2. The zero-order valence-electron chi connectivity index (χ0n) is 18.4. The van der Waals surface area contributed by atoms with Crippen LogP contribution in [0.4, 0.5) is 20.5 Å². The summed E-state index contributed by atoms with van der Waals surface area (Å²) in [5.41, 5.74) is 2.78. The van der Waals surface area contributed by atoms with Crippen molar-refractivity contribution in [1.29, 1.82) is 0 Å². The molecule has 3 aromatic rings. The molecule has 33 heavy (non-hydrogen) atoms. The first-order valence-corrected chi connectivity index (χ1v) is 11.4. The molecule has 178 valence electrons. The van der Waals surface area contributed by atoms with E-state index in [0.717, 1.165) is 15.9 Å². The molecule has 12 heteroatoms. The third-order valence-corrected chi connectivity index (χ3v) is 6.79. The average molecular weight is 481 g/mol. The molecule has 0 saturated heterocycles. The van der Waals surface area contributed by atoms with E-state index < -0.39 is 30.6 Å². The Labute approximate surface area is 193 Å². The highest BCUT2D eigenvalue weighted by molar-refractivity contribution is 7.21. The van der Waals surface area contributed by atoms with Gasteiger partial charge in [-0.25, -0.2) is 18.7 Å². The molecule has 0 spiro atoms. The van der Waals surface area contributed by atoms with E-state index in [2.05, 4.69) is 25.6 Å². The van der Waals surface area contributed by atoms with Crippen molar-refractivity contribution in [2.45, 2.75) is 44.9 Å². The lowest BCUT2D eigenvalue weighted by molar-refractivity contribution is -0.0333. The van der Waals surface area contributed by atoms with Gasteiger partial charge >= 0.3 is 0 Å². The summed E-state index contributed by atoms with van der Waals surface area (Å²) in [4.78, 5) is 18.1. The third-order valence-electron chi connectivity index (χ3n) is 5.76. The summed E-state index contributed by atoms with van der Waals surface area (Å²) in [7, 11) is 1.58. The van der Waals surface area contributed by atoms with Crippen LogP contribution in [0.2, 0.25) is 0 Å². The van der Waals surface area contributed by atoms with Gasteiger partial charge in [0.05, 0.1) is 46.3 Å². The third kappa shape index (κ3) is 4.74. The topological polar surface area (TPSA) is 125 Å². The normalized spacial score (nSPS) is 22.9. The lowest BCUT2D eigenvalue weighted by Crippen LogP contribution is -2.36. The van der Waals surface area contributed by atoms with Crippen LogP contribution in [0, 0.1) is 19.8 Å². The molecule has 4 atom stereocenters. The number of rotatable bonds is 8. The van der Waals surface area contributed by atoms with Gasteiger partial charge in [-0.05, 0) is 26.3 Å². The number of ether oxygens (including phenoxy) is 1. The van der Waals surface area contributed by atoms with Crippen LogP contribution in [-0.2, 0) is 4.74 Å². The van der Waals surface area contributed by atoms with Crippen LogP contribution in [0.5, 0.6) is 0 Å². The molecule has 0 aliphatic heterocycles. The number of nitrogens with zero attached hydrogens (tertiary/aromatic N) is 4. The molecule has 0 unspecified atom stereocenters. The van der Waals surface area contributed by atoms with Crippen LogP contribution < -0.4 is 10.6 Å². The number of hydrogen-bond donors (Lipinski definition) is 4. The number of methoxy groups -OCH3 is 1. The first-order chi connectivity index (χ1) is 15.8. The first-order valence-electron chi connectivity index (χ1n) is 10.5. The summed E-state index contributed by atoms with van der Waals surface area (Å²) in [5, 5.41) is 27.3. The molecular weight excluding hydrogens is 454 g/mol. The first kappa shape index (κ1) is 23.6. The number of nitrogens with one attached hydrogen (secondary N) is 2. The SMILES string of the molecule is COCCNc1nc(C)c(-c2nc3c(C)nccc3s2)c(N[C@@H]2C[C@H](C(F)F)[C@@H](O)[C@H]2O)n1. The van der Waals surface area contributed by atoms with E-state index in [1.54, 1.807) is 13.3 Å². The number of aliphatic hydroxyl groups is 2. The lowest BCUT2D eigenvalue weighted by Gasteiger charge is -2.21. The van der Waals surface area contributed by atoms with Crippen molar-refractivity contribution in [3.05, 3.63) is 23.7 Å². The zero-order chi connectivity index (χ0) is 23.7. The molecule has 0 amide bonds. The molecule has 1 aliphatic rings. The fourth-order valence-electron chi connectivity index (χ4n) is 4.00. The van der Waals surface area contributed by atoms with Gasteiger partial charge in [0.15, 0.2) is 0 Å². The minimum absolute atomic E-state index is 0.0994. The quantitative estimate of drug-likeness (QED) is 0.360.